The summed E-state index contributed by atoms with van der Waals surface area (Å²) in [6.07, 6.45) is 4.49. The second-order valence-corrected chi connectivity index (χ2v) is 15.4. The number of rotatable bonds is 13. The summed E-state index contributed by atoms with van der Waals surface area (Å²) in [6.45, 7) is 12.8. The topological polar surface area (TPSA) is 49.4 Å². The summed E-state index contributed by atoms with van der Waals surface area (Å²) in [7, 11) is -3.41. The Bertz CT molecular complexity index is 595. The quantitative estimate of drug-likeness (QED) is 0.266. The molecule has 0 aromatic rings. The zero-order valence-electron chi connectivity index (χ0n) is 16.0. The van der Waals surface area contributed by atoms with Crippen molar-refractivity contribution in [1.82, 2.24) is 9.16 Å². The standard InChI is InChI=1S/C17H33N2O2PS3/c1-6-9-11-12-14-19(25(20,21)15-10-7-2)22(23,18-13-8-3)24-16-17(4)5/h8,17H,3,6-7,10,12-16H2,1-2,4-5H3,(H,18,23). The molecule has 0 aromatic heterocycles. The Hall–Kier alpha value is 0.170. The molecule has 0 spiro atoms. The average Bonchev–Trinajstić information content (AvgIpc) is 2.56. The third-order valence-corrected chi connectivity index (χ3v) is 13.8. The SMILES string of the molecule is C=CCNP(=S)(SCC(C)C)N(CCC#CCC)S(=O)(=O)CCCC. The first-order valence-electron chi connectivity index (χ1n) is 8.80. The molecule has 0 radical (unpaired) electrons. The maximum atomic E-state index is 13.0. The molecular formula is C17H33N2O2PS3. The van der Waals surface area contributed by atoms with Crippen LogP contribution in [0, 0.1) is 17.8 Å². The van der Waals surface area contributed by atoms with Gasteiger partial charge in [0.2, 0.25) is 10.0 Å². The van der Waals surface area contributed by atoms with E-state index in [1.165, 1.54) is 0 Å². The van der Waals surface area contributed by atoms with Crippen LogP contribution in [-0.2, 0) is 21.8 Å². The van der Waals surface area contributed by atoms with Gasteiger partial charge >= 0.3 is 0 Å². The highest BCUT2D eigenvalue weighted by atomic mass is 32.9. The Morgan fingerprint density at radius 1 is 1.36 bits per heavy atom. The van der Waals surface area contributed by atoms with E-state index < -0.39 is 15.6 Å². The number of nitrogens with zero attached hydrogens (tertiary/aromatic N) is 1. The molecule has 1 N–H and O–H groups in total. The fourth-order valence-electron chi connectivity index (χ4n) is 1.85. The number of sulfonamides is 1. The molecule has 0 heterocycles. The van der Waals surface area contributed by atoms with E-state index in [1.807, 2.05) is 13.8 Å². The van der Waals surface area contributed by atoms with E-state index in [9.17, 15) is 8.42 Å². The van der Waals surface area contributed by atoms with E-state index in [-0.39, 0.29) is 5.75 Å². The number of unbranched alkanes of at least 4 members (excludes halogenated alkanes) is 1. The normalized spacial score (nSPS) is 14.2. The van der Waals surface area contributed by atoms with Crippen LogP contribution in [0.25, 0.3) is 0 Å². The van der Waals surface area contributed by atoms with E-state index in [0.29, 0.717) is 31.8 Å². The number of hydrogen-bond acceptors (Lipinski definition) is 4. The zero-order valence-corrected chi connectivity index (χ0v) is 19.3. The lowest BCUT2D eigenvalue weighted by Gasteiger charge is -2.34. The number of hydrogen-bond donors (Lipinski definition) is 1. The van der Waals surface area contributed by atoms with Gasteiger partial charge in [-0.2, -0.15) is 0 Å². The summed E-state index contributed by atoms with van der Waals surface area (Å²) in [5.74, 6) is 7.46. The Balaban J connectivity index is 5.62. The monoisotopic (exact) mass is 424 g/mol. The molecule has 146 valence electrons. The molecule has 0 saturated carbocycles. The maximum Gasteiger partial charge on any atom is 0.219 e. The van der Waals surface area contributed by atoms with Crippen molar-refractivity contribution in [2.24, 2.45) is 5.92 Å². The van der Waals surface area contributed by atoms with Gasteiger partial charge in [-0.3, -0.25) is 5.09 Å². The van der Waals surface area contributed by atoms with Crippen molar-refractivity contribution in [3.63, 3.8) is 0 Å². The molecule has 0 amide bonds. The van der Waals surface area contributed by atoms with Gasteiger partial charge in [0.05, 0.1) is 5.75 Å². The van der Waals surface area contributed by atoms with Gasteiger partial charge in [-0.25, -0.2) is 8.42 Å². The number of nitrogens with one attached hydrogen (secondary N) is 1. The van der Waals surface area contributed by atoms with Crippen molar-refractivity contribution in [3.05, 3.63) is 12.7 Å². The minimum absolute atomic E-state index is 0.140. The lowest BCUT2D eigenvalue weighted by molar-refractivity contribution is 0.536. The minimum atomic E-state index is -3.41. The molecule has 0 saturated heterocycles. The molecule has 25 heavy (non-hydrogen) atoms. The van der Waals surface area contributed by atoms with Crippen LogP contribution >= 0.6 is 16.9 Å². The second kappa shape index (κ2) is 13.4. The van der Waals surface area contributed by atoms with Crippen LogP contribution in [0.3, 0.4) is 0 Å². The Labute approximate surface area is 164 Å². The van der Waals surface area contributed by atoms with Gasteiger partial charge in [0.15, 0.2) is 0 Å². The zero-order chi connectivity index (χ0) is 19.3. The van der Waals surface area contributed by atoms with Crippen molar-refractivity contribution in [2.45, 2.75) is 53.4 Å². The molecule has 1 atom stereocenters. The van der Waals surface area contributed by atoms with Crippen molar-refractivity contribution >= 4 is 38.8 Å². The van der Waals surface area contributed by atoms with Gasteiger partial charge in [-0.1, -0.05) is 63.4 Å². The predicted molar refractivity (Wildman–Crippen MR) is 118 cm³/mol. The smallest absolute Gasteiger partial charge is 0.219 e. The first kappa shape index (κ1) is 25.2. The van der Waals surface area contributed by atoms with Crippen molar-refractivity contribution in [1.29, 1.82) is 0 Å². The van der Waals surface area contributed by atoms with Crippen LogP contribution in [0.15, 0.2) is 12.7 Å². The molecule has 0 aliphatic carbocycles. The first-order chi connectivity index (χ1) is 11.7. The average molecular weight is 425 g/mol. The minimum Gasteiger partial charge on any atom is -0.265 e. The van der Waals surface area contributed by atoms with Gasteiger partial charge in [0.25, 0.3) is 0 Å². The molecular weight excluding hydrogens is 391 g/mol. The fraction of sp³-hybridized carbons (Fsp3) is 0.765. The Kier molecular flexibility index (Phi) is 13.4. The summed E-state index contributed by atoms with van der Waals surface area (Å²) in [6, 6.07) is 0. The van der Waals surface area contributed by atoms with Crippen LogP contribution in [0.5, 0.6) is 0 Å². The summed E-state index contributed by atoms with van der Waals surface area (Å²) in [5.41, 5.74) is -2.50. The summed E-state index contributed by atoms with van der Waals surface area (Å²) in [4.78, 5) is 0. The van der Waals surface area contributed by atoms with E-state index in [1.54, 1.807) is 21.5 Å². The largest absolute Gasteiger partial charge is 0.265 e. The van der Waals surface area contributed by atoms with Gasteiger partial charge in [-0.15, -0.1) is 22.5 Å². The molecule has 0 aliphatic heterocycles. The molecule has 4 nitrogen and oxygen atoms in total. The molecule has 1 unspecified atom stereocenters. The van der Waals surface area contributed by atoms with Crippen LogP contribution in [0.4, 0.5) is 0 Å². The molecule has 0 aliphatic rings. The van der Waals surface area contributed by atoms with E-state index in [4.69, 9.17) is 11.8 Å². The predicted octanol–water partition coefficient (Wildman–Crippen LogP) is 4.61. The van der Waals surface area contributed by atoms with Crippen LogP contribution in [0.2, 0.25) is 0 Å². The van der Waals surface area contributed by atoms with Gasteiger partial charge in [-0.05, 0) is 12.3 Å². The highest BCUT2D eigenvalue weighted by Gasteiger charge is 2.35. The van der Waals surface area contributed by atoms with E-state index in [2.05, 4.69) is 37.4 Å². The Morgan fingerprint density at radius 3 is 2.56 bits per heavy atom. The van der Waals surface area contributed by atoms with Crippen molar-refractivity contribution in [2.75, 3.05) is 24.6 Å². The molecule has 0 bridgehead atoms. The van der Waals surface area contributed by atoms with Crippen LogP contribution in [-0.4, -0.2) is 37.1 Å². The molecule has 0 aromatic carbocycles. The lowest BCUT2D eigenvalue weighted by atomic mass is 10.3. The highest BCUT2D eigenvalue weighted by molar-refractivity contribution is 8.70. The highest BCUT2D eigenvalue weighted by Crippen LogP contribution is 2.60. The Morgan fingerprint density at radius 2 is 2.04 bits per heavy atom. The van der Waals surface area contributed by atoms with Gasteiger partial charge in [0, 0.05) is 31.7 Å². The van der Waals surface area contributed by atoms with E-state index >= 15 is 0 Å². The van der Waals surface area contributed by atoms with Crippen LogP contribution < -0.4 is 5.09 Å². The fourth-order valence-corrected chi connectivity index (χ4v) is 12.3. The van der Waals surface area contributed by atoms with Crippen molar-refractivity contribution < 1.29 is 8.42 Å². The van der Waals surface area contributed by atoms with E-state index in [0.717, 1.165) is 18.6 Å². The third kappa shape index (κ3) is 10.2. The maximum absolute atomic E-state index is 13.0. The third-order valence-electron chi connectivity index (χ3n) is 3.12. The summed E-state index contributed by atoms with van der Waals surface area (Å²) < 4.78 is 27.5. The van der Waals surface area contributed by atoms with Crippen molar-refractivity contribution in [3.8, 4) is 11.8 Å². The summed E-state index contributed by atoms with van der Waals surface area (Å²) in [5, 5.41) is 3.29. The molecule has 0 rings (SSSR count). The van der Waals surface area contributed by atoms with Gasteiger partial charge < -0.3 is 0 Å². The lowest BCUT2D eigenvalue weighted by Crippen LogP contribution is -2.35. The second-order valence-electron chi connectivity index (χ2n) is 6.03. The molecule has 8 heteroatoms. The van der Waals surface area contributed by atoms with Gasteiger partial charge in [0.1, 0.15) is 5.54 Å². The first-order valence-corrected chi connectivity index (χ1v) is 14.8. The summed E-state index contributed by atoms with van der Waals surface area (Å²) >= 11 is 7.47. The molecule has 0 fully saturated rings. The van der Waals surface area contributed by atoms with Crippen LogP contribution in [0.1, 0.15) is 53.4 Å².